The molecule has 0 fully saturated rings. The SMILES string of the molecule is O=C(O)c1c(C2=CCCC2)ccc([N+](=O)[O-])c1F. The van der Waals surface area contributed by atoms with Gasteiger partial charge in [-0.15, -0.1) is 0 Å². The lowest BCUT2D eigenvalue weighted by atomic mass is 9.98. The fourth-order valence-corrected chi connectivity index (χ4v) is 2.10. The minimum atomic E-state index is -1.49. The molecular formula is C12H10FNO4. The maximum absolute atomic E-state index is 13.8. The van der Waals surface area contributed by atoms with Crippen LogP contribution >= 0.6 is 0 Å². The predicted molar refractivity (Wildman–Crippen MR) is 61.8 cm³/mol. The Hall–Kier alpha value is -2.24. The van der Waals surface area contributed by atoms with Crippen molar-refractivity contribution in [2.75, 3.05) is 0 Å². The summed E-state index contributed by atoms with van der Waals surface area (Å²) in [5.41, 5.74) is -0.448. The van der Waals surface area contributed by atoms with Crippen LogP contribution in [0.4, 0.5) is 10.1 Å². The number of carboxylic acid groups (broad SMARTS) is 1. The summed E-state index contributed by atoms with van der Waals surface area (Å²) in [7, 11) is 0. The van der Waals surface area contributed by atoms with Gasteiger partial charge in [0.05, 0.1) is 4.92 Å². The molecule has 0 spiro atoms. The van der Waals surface area contributed by atoms with Gasteiger partial charge in [0.2, 0.25) is 5.82 Å². The Morgan fingerprint density at radius 3 is 2.67 bits per heavy atom. The third-order valence-corrected chi connectivity index (χ3v) is 2.92. The number of halogens is 1. The Balaban J connectivity index is 2.64. The zero-order valence-corrected chi connectivity index (χ0v) is 9.35. The van der Waals surface area contributed by atoms with Crippen LogP contribution in [-0.2, 0) is 0 Å². The summed E-state index contributed by atoms with van der Waals surface area (Å²) in [6.45, 7) is 0. The first-order valence-electron chi connectivity index (χ1n) is 5.42. The van der Waals surface area contributed by atoms with E-state index in [0.717, 1.165) is 24.5 Å². The van der Waals surface area contributed by atoms with Crippen LogP contribution in [0.5, 0.6) is 0 Å². The van der Waals surface area contributed by atoms with Gasteiger partial charge in [-0.25, -0.2) is 4.79 Å². The first-order valence-corrected chi connectivity index (χ1v) is 5.42. The molecule has 18 heavy (non-hydrogen) atoms. The molecule has 0 heterocycles. The zero-order chi connectivity index (χ0) is 13.3. The van der Waals surface area contributed by atoms with Gasteiger partial charge in [-0.05, 0) is 36.5 Å². The molecule has 0 aromatic heterocycles. The molecule has 0 radical (unpaired) electrons. The summed E-state index contributed by atoms with van der Waals surface area (Å²) < 4.78 is 13.8. The Labute approximate surface area is 102 Å². The number of benzene rings is 1. The van der Waals surface area contributed by atoms with Crippen molar-refractivity contribution in [3.05, 3.63) is 45.3 Å². The van der Waals surface area contributed by atoms with Gasteiger partial charge in [0, 0.05) is 6.07 Å². The second-order valence-electron chi connectivity index (χ2n) is 4.01. The number of allylic oxidation sites excluding steroid dienone is 2. The van der Waals surface area contributed by atoms with E-state index in [-0.39, 0.29) is 5.56 Å². The number of nitrogens with zero attached hydrogens (tertiary/aromatic N) is 1. The summed E-state index contributed by atoms with van der Waals surface area (Å²) in [6, 6.07) is 2.32. The first-order chi connectivity index (χ1) is 8.52. The molecule has 1 aliphatic carbocycles. The number of carbonyl (C=O) groups is 1. The molecular weight excluding hydrogens is 241 g/mol. The highest BCUT2D eigenvalue weighted by Gasteiger charge is 2.27. The number of rotatable bonds is 3. The highest BCUT2D eigenvalue weighted by molar-refractivity contribution is 5.95. The van der Waals surface area contributed by atoms with Crippen molar-refractivity contribution in [2.45, 2.75) is 19.3 Å². The summed E-state index contributed by atoms with van der Waals surface area (Å²) in [5.74, 6) is -2.77. The molecule has 0 amide bonds. The molecule has 0 saturated carbocycles. The highest BCUT2D eigenvalue weighted by Crippen LogP contribution is 2.33. The molecule has 1 aliphatic rings. The van der Waals surface area contributed by atoms with Crippen LogP contribution in [-0.4, -0.2) is 16.0 Å². The van der Waals surface area contributed by atoms with Gasteiger partial charge in [-0.1, -0.05) is 6.08 Å². The lowest BCUT2D eigenvalue weighted by molar-refractivity contribution is -0.387. The molecule has 1 aromatic carbocycles. The van der Waals surface area contributed by atoms with E-state index in [1.165, 1.54) is 6.07 Å². The fourth-order valence-electron chi connectivity index (χ4n) is 2.10. The van der Waals surface area contributed by atoms with Gasteiger partial charge in [-0.2, -0.15) is 4.39 Å². The van der Waals surface area contributed by atoms with Gasteiger partial charge in [0.25, 0.3) is 0 Å². The van der Waals surface area contributed by atoms with Crippen molar-refractivity contribution in [3.63, 3.8) is 0 Å². The van der Waals surface area contributed by atoms with E-state index in [4.69, 9.17) is 5.11 Å². The van der Waals surface area contributed by atoms with Crippen LogP contribution in [0.3, 0.4) is 0 Å². The number of nitro groups is 1. The molecule has 94 valence electrons. The minimum Gasteiger partial charge on any atom is -0.478 e. The molecule has 2 rings (SSSR count). The first kappa shape index (κ1) is 12.2. The number of hydrogen-bond donors (Lipinski definition) is 1. The largest absolute Gasteiger partial charge is 0.478 e. The Kier molecular flexibility index (Phi) is 3.10. The average molecular weight is 251 g/mol. The maximum Gasteiger partial charge on any atom is 0.339 e. The van der Waals surface area contributed by atoms with Gasteiger partial charge >= 0.3 is 11.7 Å². The van der Waals surface area contributed by atoms with Crippen molar-refractivity contribution in [2.24, 2.45) is 0 Å². The monoisotopic (exact) mass is 251 g/mol. The van der Waals surface area contributed by atoms with Gasteiger partial charge in [0.15, 0.2) is 0 Å². The summed E-state index contributed by atoms with van der Waals surface area (Å²) in [5, 5.41) is 19.6. The van der Waals surface area contributed by atoms with E-state index < -0.39 is 28.0 Å². The molecule has 0 unspecified atom stereocenters. The predicted octanol–water partition coefficient (Wildman–Crippen LogP) is 3.00. The number of carboxylic acids is 1. The third-order valence-electron chi connectivity index (χ3n) is 2.92. The summed E-state index contributed by atoms with van der Waals surface area (Å²) in [6.07, 6.45) is 4.20. The second-order valence-corrected chi connectivity index (χ2v) is 4.01. The lowest BCUT2D eigenvalue weighted by Crippen LogP contribution is -2.08. The van der Waals surface area contributed by atoms with Gasteiger partial charge in [-0.3, -0.25) is 10.1 Å². The van der Waals surface area contributed by atoms with Crippen LogP contribution in [0, 0.1) is 15.9 Å². The van der Waals surface area contributed by atoms with Crippen LogP contribution in [0.2, 0.25) is 0 Å². The molecule has 0 saturated heterocycles. The van der Waals surface area contributed by atoms with Gasteiger partial charge < -0.3 is 5.11 Å². The lowest BCUT2D eigenvalue weighted by Gasteiger charge is -2.08. The maximum atomic E-state index is 13.8. The molecule has 0 bridgehead atoms. The fraction of sp³-hybridized carbons (Fsp3) is 0.250. The standard InChI is InChI=1S/C12H10FNO4/c13-11-9(14(17)18)6-5-8(10(11)12(15)16)7-3-1-2-4-7/h3,5-6H,1-2,4H2,(H,15,16). The van der Waals surface area contributed by atoms with E-state index in [0.29, 0.717) is 6.42 Å². The van der Waals surface area contributed by atoms with E-state index in [2.05, 4.69) is 0 Å². The van der Waals surface area contributed by atoms with Crippen LogP contribution in [0.1, 0.15) is 35.2 Å². The molecule has 0 aliphatic heterocycles. The number of nitro benzene ring substituents is 1. The van der Waals surface area contributed by atoms with Crippen molar-refractivity contribution in [1.82, 2.24) is 0 Å². The Bertz CT molecular complexity index is 565. The minimum absolute atomic E-state index is 0.239. The molecule has 1 N–H and O–H groups in total. The smallest absolute Gasteiger partial charge is 0.339 e. The highest BCUT2D eigenvalue weighted by atomic mass is 19.1. The molecule has 5 nitrogen and oxygen atoms in total. The second kappa shape index (κ2) is 4.56. The number of hydrogen-bond acceptors (Lipinski definition) is 3. The van der Waals surface area contributed by atoms with E-state index in [1.807, 2.05) is 6.08 Å². The number of aromatic carboxylic acids is 1. The van der Waals surface area contributed by atoms with Crippen molar-refractivity contribution < 1.29 is 19.2 Å². The Morgan fingerprint density at radius 2 is 2.17 bits per heavy atom. The zero-order valence-electron chi connectivity index (χ0n) is 9.35. The van der Waals surface area contributed by atoms with E-state index in [9.17, 15) is 19.3 Å². The van der Waals surface area contributed by atoms with Gasteiger partial charge in [0.1, 0.15) is 5.56 Å². The van der Waals surface area contributed by atoms with Crippen LogP contribution in [0.25, 0.3) is 5.57 Å². The summed E-state index contributed by atoms with van der Waals surface area (Å²) >= 11 is 0. The quantitative estimate of drug-likeness (QED) is 0.661. The normalized spacial score (nSPS) is 14.4. The van der Waals surface area contributed by atoms with Crippen molar-refractivity contribution >= 4 is 17.2 Å². The van der Waals surface area contributed by atoms with E-state index >= 15 is 0 Å². The summed E-state index contributed by atoms with van der Waals surface area (Å²) in [4.78, 5) is 20.7. The Morgan fingerprint density at radius 1 is 1.44 bits per heavy atom. The topological polar surface area (TPSA) is 80.4 Å². The van der Waals surface area contributed by atoms with Crippen molar-refractivity contribution in [3.8, 4) is 0 Å². The van der Waals surface area contributed by atoms with Crippen LogP contribution in [0.15, 0.2) is 18.2 Å². The average Bonchev–Trinajstić information content (AvgIpc) is 2.80. The van der Waals surface area contributed by atoms with Crippen molar-refractivity contribution in [1.29, 1.82) is 0 Å². The molecule has 1 aromatic rings. The third kappa shape index (κ3) is 1.97. The molecule has 6 heteroatoms. The molecule has 0 atom stereocenters. The van der Waals surface area contributed by atoms with Crippen LogP contribution < -0.4 is 0 Å². The van der Waals surface area contributed by atoms with E-state index in [1.54, 1.807) is 0 Å².